The molecule has 2 N–H and O–H groups in total. The summed E-state index contributed by atoms with van der Waals surface area (Å²) in [6.45, 7) is 0.675. The van der Waals surface area contributed by atoms with Crippen LogP contribution in [0.3, 0.4) is 0 Å². The first-order valence-corrected chi connectivity index (χ1v) is 6.89. The summed E-state index contributed by atoms with van der Waals surface area (Å²) in [5.74, 6) is -0.447. The molecule has 1 aromatic rings. The number of nitrogens with one attached hydrogen (secondary N) is 2. The molecule has 0 spiro atoms. The van der Waals surface area contributed by atoms with Crippen LogP contribution in [0, 0.1) is 0 Å². The largest absolute Gasteiger partial charge is 0.354 e. The van der Waals surface area contributed by atoms with Gasteiger partial charge in [-0.25, -0.2) is 0 Å². The van der Waals surface area contributed by atoms with Crippen LogP contribution in [0.4, 0.5) is 0 Å². The van der Waals surface area contributed by atoms with E-state index < -0.39 is 11.4 Å². The van der Waals surface area contributed by atoms with Crippen LogP contribution in [0.25, 0.3) is 0 Å². The van der Waals surface area contributed by atoms with Crippen molar-refractivity contribution in [2.45, 2.75) is 30.7 Å². The first-order chi connectivity index (χ1) is 9.18. The van der Waals surface area contributed by atoms with Gasteiger partial charge in [-0.1, -0.05) is 30.3 Å². The number of amides is 2. The molecule has 2 amide bonds. The monoisotopic (exact) mass is 280 g/mol. The molecule has 0 saturated carbocycles. The second-order valence-electron chi connectivity index (χ2n) is 4.62. The van der Waals surface area contributed by atoms with Gasteiger partial charge < -0.3 is 10.6 Å². The zero-order valence-corrected chi connectivity index (χ0v) is 11.3. The molecule has 1 heterocycles. The molecule has 19 heavy (non-hydrogen) atoms. The fourth-order valence-electron chi connectivity index (χ4n) is 2.10. The van der Waals surface area contributed by atoms with Crippen molar-refractivity contribution in [3.05, 3.63) is 35.9 Å². The van der Waals surface area contributed by atoms with Crippen LogP contribution in [0.1, 0.15) is 30.2 Å². The van der Waals surface area contributed by atoms with Gasteiger partial charge in [-0.05, 0) is 24.8 Å². The van der Waals surface area contributed by atoms with Gasteiger partial charge in [-0.2, -0.15) is 0 Å². The number of halogens is 1. The Balaban J connectivity index is 1.98. The maximum atomic E-state index is 12.0. The number of hydrogen-bond acceptors (Lipinski definition) is 2. The van der Waals surface area contributed by atoms with Crippen LogP contribution in [0.5, 0.6) is 0 Å². The lowest BCUT2D eigenvalue weighted by Gasteiger charge is -2.17. The molecule has 1 aromatic carbocycles. The predicted octanol–water partition coefficient (Wildman–Crippen LogP) is 1.75. The Hall–Kier alpha value is -1.55. The number of rotatable bonds is 3. The van der Waals surface area contributed by atoms with E-state index in [1.807, 2.05) is 18.2 Å². The third-order valence-electron chi connectivity index (χ3n) is 3.17. The molecule has 1 aliphatic rings. The zero-order chi connectivity index (χ0) is 13.7. The first-order valence-electron chi connectivity index (χ1n) is 6.45. The van der Waals surface area contributed by atoms with E-state index in [0.29, 0.717) is 13.0 Å². The molecule has 2 unspecified atom stereocenters. The Labute approximate surface area is 117 Å². The van der Waals surface area contributed by atoms with E-state index in [0.717, 1.165) is 18.4 Å². The number of benzene rings is 1. The average molecular weight is 281 g/mol. The first kappa shape index (κ1) is 13.9. The van der Waals surface area contributed by atoms with Crippen LogP contribution >= 0.6 is 11.6 Å². The van der Waals surface area contributed by atoms with Gasteiger partial charge in [0, 0.05) is 6.54 Å². The summed E-state index contributed by atoms with van der Waals surface area (Å²) in [7, 11) is 0. The Bertz CT molecular complexity index is 450. The van der Waals surface area contributed by atoms with E-state index in [4.69, 9.17) is 11.6 Å². The standard InChI is InChI=1S/C14H17ClN2O2/c15-12(10-6-2-1-3-7-10)14(19)17-11-8-4-5-9-16-13(11)18/h1-3,6-7,11-12H,4-5,8-9H2,(H,16,18)(H,17,19). The minimum atomic E-state index is -0.766. The van der Waals surface area contributed by atoms with Crippen molar-refractivity contribution in [1.82, 2.24) is 10.6 Å². The van der Waals surface area contributed by atoms with Gasteiger partial charge in [0.2, 0.25) is 11.8 Å². The molecule has 1 fully saturated rings. The van der Waals surface area contributed by atoms with E-state index in [1.54, 1.807) is 12.1 Å². The normalized spacial score (nSPS) is 21.1. The molecule has 0 aromatic heterocycles. The molecule has 1 saturated heterocycles. The SMILES string of the molecule is O=C1NCCCCC1NC(=O)C(Cl)c1ccccc1. The Morgan fingerprint density at radius 3 is 2.79 bits per heavy atom. The van der Waals surface area contributed by atoms with Gasteiger partial charge in [-0.15, -0.1) is 11.6 Å². The van der Waals surface area contributed by atoms with Gasteiger partial charge in [0.25, 0.3) is 0 Å². The summed E-state index contributed by atoms with van der Waals surface area (Å²) >= 11 is 6.12. The predicted molar refractivity (Wildman–Crippen MR) is 73.8 cm³/mol. The molecule has 1 aliphatic heterocycles. The van der Waals surface area contributed by atoms with Crippen molar-refractivity contribution in [1.29, 1.82) is 0 Å². The third-order valence-corrected chi connectivity index (χ3v) is 3.62. The number of hydrogen-bond donors (Lipinski definition) is 2. The fourth-order valence-corrected chi connectivity index (χ4v) is 2.30. The molecule has 0 radical (unpaired) electrons. The molecule has 4 nitrogen and oxygen atoms in total. The Morgan fingerprint density at radius 1 is 1.32 bits per heavy atom. The second kappa shape index (κ2) is 6.57. The lowest BCUT2D eigenvalue weighted by atomic mass is 10.1. The summed E-state index contributed by atoms with van der Waals surface area (Å²) < 4.78 is 0. The molecular formula is C14H17ClN2O2. The molecule has 102 valence electrons. The fraction of sp³-hybridized carbons (Fsp3) is 0.429. The van der Waals surface area contributed by atoms with Crippen molar-refractivity contribution < 1.29 is 9.59 Å². The van der Waals surface area contributed by atoms with Crippen molar-refractivity contribution >= 4 is 23.4 Å². The maximum absolute atomic E-state index is 12.0. The van der Waals surface area contributed by atoms with Crippen molar-refractivity contribution in [2.75, 3.05) is 6.54 Å². The lowest BCUT2D eigenvalue weighted by molar-refractivity contribution is -0.128. The molecule has 5 heteroatoms. The van der Waals surface area contributed by atoms with Gasteiger partial charge in [-0.3, -0.25) is 9.59 Å². The highest BCUT2D eigenvalue weighted by molar-refractivity contribution is 6.30. The zero-order valence-electron chi connectivity index (χ0n) is 10.6. The van der Waals surface area contributed by atoms with E-state index in [9.17, 15) is 9.59 Å². The smallest absolute Gasteiger partial charge is 0.243 e. The number of alkyl halides is 1. The van der Waals surface area contributed by atoms with Gasteiger partial charge in [0.1, 0.15) is 11.4 Å². The van der Waals surface area contributed by atoms with Gasteiger partial charge >= 0.3 is 0 Å². The van der Waals surface area contributed by atoms with E-state index >= 15 is 0 Å². The Kier molecular flexibility index (Phi) is 4.80. The van der Waals surface area contributed by atoms with Crippen LogP contribution < -0.4 is 10.6 Å². The summed E-state index contributed by atoms with van der Waals surface area (Å²) in [4.78, 5) is 23.8. The number of carbonyl (C=O) groups excluding carboxylic acids is 2. The van der Waals surface area contributed by atoms with Crippen LogP contribution in [0.2, 0.25) is 0 Å². The summed E-state index contributed by atoms with van der Waals surface area (Å²) in [5, 5.41) is 4.74. The second-order valence-corrected chi connectivity index (χ2v) is 5.06. The summed E-state index contributed by atoms with van der Waals surface area (Å²) in [6.07, 6.45) is 2.53. The summed E-state index contributed by atoms with van der Waals surface area (Å²) in [6, 6.07) is 8.64. The average Bonchev–Trinajstić information content (AvgIpc) is 2.64. The highest BCUT2D eigenvalue weighted by atomic mass is 35.5. The van der Waals surface area contributed by atoms with Gasteiger partial charge in [0.15, 0.2) is 0 Å². The lowest BCUT2D eigenvalue weighted by Crippen LogP contribution is -2.46. The molecular weight excluding hydrogens is 264 g/mol. The highest BCUT2D eigenvalue weighted by Gasteiger charge is 2.26. The summed E-state index contributed by atoms with van der Waals surface area (Å²) in [5.41, 5.74) is 0.732. The van der Waals surface area contributed by atoms with E-state index in [-0.39, 0.29) is 11.8 Å². The maximum Gasteiger partial charge on any atom is 0.243 e. The quantitative estimate of drug-likeness (QED) is 0.829. The minimum Gasteiger partial charge on any atom is -0.354 e. The Morgan fingerprint density at radius 2 is 2.05 bits per heavy atom. The van der Waals surface area contributed by atoms with Crippen LogP contribution in [0.15, 0.2) is 30.3 Å². The molecule has 0 bridgehead atoms. The van der Waals surface area contributed by atoms with Gasteiger partial charge in [0.05, 0.1) is 0 Å². The molecule has 2 atom stereocenters. The molecule has 0 aliphatic carbocycles. The third kappa shape index (κ3) is 3.70. The van der Waals surface area contributed by atoms with Crippen LogP contribution in [-0.4, -0.2) is 24.4 Å². The minimum absolute atomic E-state index is 0.122. The van der Waals surface area contributed by atoms with Crippen LogP contribution in [-0.2, 0) is 9.59 Å². The van der Waals surface area contributed by atoms with Crippen molar-refractivity contribution in [3.8, 4) is 0 Å². The highest BCUT2D eigenvalue weighted by Crippen LogP contribution is 2.20. The van der Waals surface area contributed by atoms with E-state index in [1.165, 1.54) is 0 Å². The van der Waals surface area contributed by atoms with Crippen molar-refractivity contribution in [3.63, 3.8) is 0 Å². The van der Waals surface area contributed by atoms with E-state index in [2.05, 4.69) is 10.6 Å². The number of carbonyl (C=O) groups is 2. The molecule has 2 rings (SSSR count). The van der Waals surface area contributed by atoms with Crippen molar-refractivity contribution in [2.24, 2.45) is 0 Å². The topological polar surface area (TPSA) is 58.2 Å².